The molecule has 0 atom stereocenters. The lowest BCUT2D eigenvalue weighted by Crippen LogP contribution is -2.38. The minimum Gasteiger partial charge on any atom is -0.348 e. The average Bonchev–Trinajstić information content (AvgIpc) is 2.40. The molecular formula is C13H18ClN3OS. The lowest BCUT2D eigenvalue weighted by Gasteiger charge is -2.22. The average molecular weight is 300 g/mol. The summed E-state index contributed by atoms with van der Waals surface area (Å²) in [6, 6.07) is 0.238. The molecule has 1 aromatic rings. The van der Waals surface area contributed by atoms with E-state index in [0.29, 0.717) is 16.5 Å². The highest BCUT2D eigenvalue weighted by atomic mass is 35.5. The van der Waals surface area contributed by atoms with Crippen molar-refractivity contribution in [1.29, 1.82) is 0 Å². The molecule has 0 aliphatic carbocycles. The molecule has 0 saturated carbocycles. The molecule has 6 heteroatoms. The van der Waals surface area contributed by atoms with Gasteiger partial charge in [0, 0.05) is 12.0 Å². The van der Waals surface area contributed by atoms with Crippen molar-refractivity contribution in [2.45, 2.75) is 38.6 Å². The van der Waals surface area contributed by atoms with Crippen LogP contribution < -0.4 is 5.32 Å². The van der Waals surface area contributed by atoms with Crippen molar-refractivity contribution in [2.24, 2.45) is 0 Å². The monoisotopic (exact) mass is 299 g/mol. The minimum atomic E-state index is -0.189. The van der Waals surface area contributed by atoms with Gasteiger partial charge >= 0.3 is 0 Å². The molecule has 1 saturated heterocycles. The van der Waals surface area contributed by atoms with E-state index in [1.165, 1.54) is 6.20 Å². The first-order chi connectivity index (χ1) is 9.08. The Morgan fingerprint density at radius 3 is 2.79 bits per heavy atom. The summed E-state index contributed by atoms with van der Waals surface area (Å²) in [5.41, 5.74) is 0.290. The van der Waals surface area contributed by atoms with Crippen LogP contribution >= 0.6 is 23.4 Å². The van der Waals surface area contributed by atoms with E-state index in [9.17, 15) is 4.79 Å². The zero-order valence-corrected chi connectivity index (χ0v) is 12.7. The first-order valence-electron chi connectivity index (χ1n) is 6.49. The molecule has 0 bridgehead atoms. The predicted molar refractivity (Wildman–Crippen MR) is 78.9 cm³/mol. The van der Waals surface area contributed by atoms with Crippen LogP contribution in [0, 0.1) is 0 Å². The van der Waals surface area contributed by atoms with E-state index in [4.69, 9.17) is 11.6 Å². The predicted octanol–water partition coefficient (Wildman–Crippen LogP) is 2.88. The second-order valence-corrected chi connectivity index (χ2v) is 6.57. The number of nitrogens with one attached hydrogen (secondary N) is 1. The fraction of sp³-hybridized carbons (Fsp3) is 0.615. The molecule has 4 nitrogen and oxygen atoms in total. The second kappa shape index (κ2) is 6.57. The Morgan fingerprint density at radius 1 is 1.47 bits per heavy atom. The van der Waals surface area contributed by atoms with Crippen molar-refractivity contribution in [2.75, 3.05) is 11.5 Å². The summed E-state index contributed by atoms with van der Waals surface area (Å²) < 4.78 is 0. The number of aromatic nitrogens is 2. The highest BCUT2D eigenvalue weighted by molar-refractivity contribution is 7.99. The van der Waals surface area contributed by atoms with E-state index in [0.717, 1.165) is 24.3 Å². The van der Waals surface area contributed by atoms with Crippen molar-refractivity contribution >= 4 is 29.3 Å². The smallest absolute Gasteiger partial charge is 0.271 e. The quantitative estimate of drug-likeness (QED) is 0.932. The molecule has 2 heterocycles. The fourth-order valence-electron chi connectivity index (χ4n) is 1.91. The molecule has 1 aliphatic heterocycles. The Kier molecular flexibility index (Phi) is 5.05. The molecule has 1 N–H and O–H groups in total. The Labute approximate surface area is 122 Å². The van der Waals surface area contributed by atoms with Gasteiger partial charge in [-0.3, -0.25) is 4.79 Å². The molecule has 0 radical (unpaired) electrons. The summed E-state index contributed by atoms with van der Waals surface area (Å²) in [6.07, 6.45) is 3.53. The normalized spacial score (nSPS) is 16.6. The molecule has 1 amide bonds. The van der Waals surface area contributed by atoms with Gasteiger partial charge in [0.25, 0.3) is 5.91 Å². The van der Waals surface area contributed by atoms with Crippen LogP contribution in [-0.2, 0) is 0 Å². The summed E-state index contributed by atoms with van der Waals surface area (Å²) in [4.78, 5) is 20.6. The summed E-state index contributed by atoms with van der Waals surface area (Å²) in [5.74, 6) is 2.83. The lowest BCUT2D eigenvalue weighted by molar-refractivity contribution is 0.0929. The summed E-state index contributed by atoms with van der Waals surface area (Å²) in [6.45, 7) is 3.98. The van der Waals surface area contributed by atoms with E-state index in [-0.39, 0.29) is 17.9 Å². The number of nitrogens with zero attached hydrogens (tertiary/aromatic N) is 2. The molecule has 0 unspecified atom stereocenters. The van der Waals surface area contributed by atoms with E-state index in [2.05, 4.69) is 15.3 Å². The standard InChI is InChI=1S/C13H18ClN3OS/c1-8(2)12-15-7-10(14)11(17-12)13(18)16-9-3-5-19-6-4-9/h7-9H,3-6H2,1-2H3,(H,16,18). The number of thioether (sulfide) groups is 1. The SMILES string of the molecule is CC(C)c1ncc(Cl)c(C(=O)NC2CCSCC2)n1. The van der Waals surface area contributed by atoms with Crippen molar-refractivity contribution < 1.29 is 4.79 Å². The number of hydrogen-bond acceptors (Lipinski definition) is 4. The summed E-state index contributed by atoms with van der Waals surface area (Å²) in [7, 11) is 0. The molecular weight excluding hydrogens is 282 g/mol. The summed E-state index contributed by atoms with van der Waals surface area (Å²) in [5, 5.41) is 3.33. The van der Waals surface area contributed by atoms with Gasteiger partial charge in [-0.2, -0.15) is 11.8 Å². The molecule has 104 valence electrons. The maximum absolute atomic E-state index is 12.2. The lowest BCUT2D eigenvalue weighted by atomic mass is 10.1. The van der Waals surface area contributed by atoms with Crippen molar-refractivity contribution in [3.8, 4) is 0 Å². The summed E-state index contributed by atoms with van der Waals surface area (Å²) >= 11 is 7.95. The molecule has 19 heavy (non-hydrogen) atoms. The van der Waals surface area contributed by atoms with Crippen LogP contribution in [-0.4, -0.2) is 33.4 Å². The number of halogens is 1. The third-order valence-corrected chi connectivity index (χ3v) is 4.38. The number of rotatable bonds is 3. The first-order valence-corrected chi connectivity index (χ1v) is 8.02. The number of amides is 1. The number of carbonyl (C=O) groups is 1. The van der Waals surface area contributed by atoms with Crippen LogP contribution in [0.2, 0.25) is 5.02 Å². The van der Waals surface area contributed by atoms with Gasteiger partial charge in [-0.25, -0.2) is 9.97 Å². The number of carbonyl (C=O) groups excluding carboxylic acids is 1. The first kappa shape index (κ1) is 14.6. The van der Waals surface area contributed by atoms with Gasteiger partial charge < -0.3 is 5.32 Å². The molecule has 0 aromatic carbocycles. The van der Waals surface area contributed by atoms with Crippen molar-refractivity contribution in [1.82, 2.24) is 15.3 Å². The minimum absolute atomic E-state index is 0.176. The van der Waals surface area contributed by atoms with Gasteiger partial charge in [0.1, 0.15) is 11.5 Å². The van der Waals surface area contributed by atoms with E-state index >= 15 is 0 Å². The molecule has 1 aliphatic rings. The molecule has 0 spiro atoms. The van der Waals surface area contributed by atoms with Gasteiger partial charge in [-0.15, -0.1) is 0 Å². The highest BCUT2D eigenvalue weighted by Crippen LogP contribution is 2.19. The van der Waals surface area contributed by atoms with Gasteiger partial charge in [0.15, 0.2) is 0 Å². The zero-order valence-electron chi connectivity index (χ0n) is 11.1. The van der Waals surface area contributed by atoms with Gasteiger partial charge in [0.2, 0.25) is 0 Å². The largest absolute Gasteiger partial charge is 0.348 e. The van der Waals surface area contributed by atoms with Crippen molar-refractivity contribution in [3.63, 3.8) is 0 Å². The van der Waals surface area contributed by atoms with Gasteiger partial charge in [-0.05, 0) is 24.3 Å². The third kappa shape index (κ3) is 3.83. The molecule has 2 rings (SSSR count). The molecule has 1 aromatic heterocycles. The Hall–Kier alpha value is -0.810. The van der Waals surface area contributed by atoms with Crippen molar-refractivity contribution in [3.05, 3.63) is 22.7 Å². The van der Waals surface area contributed by atoms with E-state index in [1.807, 2.05) is 25.6 Å². The van der Waals surface area contributed by atoms with Crippen LogP contribution in [0.15, 0.2) is 6.20 Å². The maximum Gasteiger partial charge on any atom is 0.271 e. The van der Waals surface area contributed by atoms with Crippen LogP contribution in [0.5, 0.6) is 0 Å². The van der Waals surface area contributed by atoms with E-state index < -0.39 is 0 Å². The fourth-order valence-corrected chi connectivity index (χ4v) is 3.20. The Morgan fingerprint density at radius 2 is 2.16 bits per heavy atom. The van der Waals surface area contributed by atoms with Crippen LogP contribution in [0.25, 0.3) is 0 Å². The van der Waals surface area contributed by atoms with Gasteiger partial charge in [-0.1, -0.05) is 25.4 Å². The van der Waals surface area contributed by atoms with Crippen LogP contribution in [0.3, 0.4) is 0 Å². The van der Waals surface area contributed by atoms with Crippen LogP contribution in [0.4, 0.5) is 0 Å². The van der Waals surface area contributed by atoms with Gasteiger partial charge in [0.05, 0.1) is 11.2 Å². The van der Waals surface area contributed by atoms with E-state index in [1.54, 1.807) is 0 Å². The Bertz CT molecular complexity index is 461. The Balaban J connectivity index is 2.11. The molecule has 1 fully saturated rings. The highest BCUT2D eigenvalue weighted by Gasteiger charge is 2.20. The third-order valence-electron chi connectivity index (χ3n) is 3.05. The number of hydrogen-bond donors (Lipinski definition) is 1. The van der Waals surface area contributed by atoms with Crippen LogP contribution in [0.1, 0.15) is 48.9 Å². The topological polar surface area (TPSA) is 54.9 Å². The zero-order chi connectivity index (χ0) is 13.8. The maximum atomic E-state index is 12.2. The second-order valence-electron chi connectivity index (χ2n) is 4.94.